The fraction of sp³-hybridized carbons (Fsp3) is 0.474. The number of rotatable bonds is 4. The zero-order chi connectivity index (χ0) is 18.6. The number of nitrogens with zero attached hydrogens (tertiary/aromatic N) is 4. The Morgan fingerprint density at radius 2 is 2.33 bits per heavy atom. The molecule has 2 N–H and O–H groups in total. The zero-order valence-electron chi connectivity index (χ0n) is 15.1. The predicted octanol–water partition coefficient (Wildman–Crippen LogP) is 1.58. The third-order valence-electron chi connectivity index (χ3n) is 5.14. The number of ether oxygens (including phenoxy) is 1. The Balaban J connectivity index is 1.52. The van der Waals surface area contributed by atoms with Crippen LogP contribution >= 0.6 is 0 Å². The number of nitrogens with one attached hydrogen (secondary N) is 2. The van der Waals surface area contributed by atoms with E-state index in [1.54, 1.807) is 6.07 Å². The quantitative estimate of drug-likeness (QED) is 0.846. The lowest BCUT2D eigenvalue weighted by molar-refractivity contribution is 0.109. The Bertz CT molecular complexity index is 899. The number of aromatic amines is 1. The van der Waals surface area contributed by atoms with Gasteiger partial charge >= 0.3 is 0 Å². The molecular formula is C19H22N6O2. The molecule has 0 bridgehead atoms. The lowest BCUT2D eigenvalue weighted by Gasteiger charge is -2.36. The molecule has 0 aromatic carbocycles. The average Bonchev–Trinajstić information content (AvgIpc) is 2.72. The van der Waals surface area contributed by atoms with Crippen molar-refractivity contribution >= 4 is 11.6 Å². The van der Waals surface area contributed by atoms with E-state index in [0.717, 1.165) is 49.3 Å². The van der Waals surface area contributed by atoms with Gasteiger partial charge in [0.2, 0.25) is 0 Å². The molecule has 0 spiro atoms. The van der Waals surface area contributed by atoms with Crippen molar-refractivity contribution in [2.75, 3.05) is 29.9 Å². The third-order valence-corrected chi connectivity index (χ3v) is 5.14. The average molecular weight is 366 g/mol. The zero-order valence-corrected chi connectivity index (χ0v) is 15.1. The molecule has 2 aromatic heterocycles. The number of piperidine rings is 1. The summed E-state index contributed by atoms with van der Waals surface area (Å²) in [5.74, 6) is 1.41. The SMILES string of the molecule is N#Cc1cc2c(nc1NCC1CCCCN1c1ccc(=O)[nH]n1)CCOC2. The van der Waals surface area contributed by atoms with Crippen LogP contribution in [0.1, 0.15) is 36.1 Å². The summed E-state index contributed by atoms with van der Waals surface area (Å²) < 4.78 is 5.45. The molecule has 0 aliphatic carbocycles. The molecule has 2 aliphatic rings. The first-order valence-electron chi connectivity index (χ1n) is 9.31. The van der Waals surface area contributed by atoms with E-state index in [9.17, 15) is 10.1 Å². The van der Waals surface area contributed by atoms with E-state index in [1.165, 1.54) is 6.07 Å². The van der Waals surface area contributed by atoms with E-state index in [0.29, 0.717) is 31.1 Å². The Hall–Kier alpha value is -2.92. The van der Waals surface area contributed by atoms with Gasteiger partial charge in [-0.3, -0.25) is 4.79 Å². The number of H-pyrrole nitrogens is 1. The van der Waals surface area contributed by atoms with E-state index < -0.39 is 0 Å². The molecule has 4 heterocycles. The van der Waals surface area contributed by atoms with Gasteiger partial charge in [0.1, 0.15) is 17.7 Å². The van der Waals surface area contributed by atoms with Gasteiger partial charge in [-0.05, 0) is 31.4 Å². The standard InChI is InChI=1S/C19H22N6O2/c20-10-13-9-14-12-27-8-6-16(14)22-19(13)21-11-15-3-1-2-7-25(15)17-4-5-18(26)24-23-17/h4-5,9,15H,1-3,6-8,11-12H2,(H,21,22)(H,24,26). The number of anilines is 2. The van der Waals surface area contributed by atoms with Gasteiger partial charge in [-0.25, -0.2) is 10.1 Å². The summed E-state index contributed by atoms with van der Waals surface area (Å²) in [7, 11) is 0. The lowest BCUT2D eigenvalue weighted by Crippen LogP contribution is -2.44. The molecule has 0 radical (unpaired) electrons. The van der Waals surface area contributed by atoms with Gasteiger partial charge in [0.15, 0.2) is 0 Å². The van der Waals surface area contributed by atoms with Crippen LogP contribution in [0, 0.1) is 11.3 Å². The first-order chi connectivity index (χ1) is 13.2. The van der Waals surface area contributed by atoms with Crippen molar-refractivity contribution < 1.29 is 4.74 Å². The van der Waals surface area contributed by atoms with E-state index in [4.69, 9.17) is 4.74 Å². The third kappa shape index (κ3) is 3.78. The van der Waals surface area contributed by atoms with Gasteiger partial charge in [0.25, 0.3) is 5.56 Å². The minimum atomic E-state index is -0.202. The van der Waals surface area contributed by atoms with Crippen LogP contribution in [-0.4, -0.2) is 40.9 Å². The highest BCUT2D eigenvalue weighted by molar-refractivity contribution is 5.55. The highest BCUT2D eigenvalue weighted by atomic mass is 16.5. The molecule has 0 amide bonds. The molecule has 8 heteroatoms. The lowest BCUT2D eigenvalue weighted by atomic mass is 10.0. The van der Waals surface area contributed by atoms with Crippen LogP contribution < -0.4 is 15.8 Å². The highest BCUT2D eigenvalue weighted by Crippen LogP contribution is 2.25. The number of fused-ring (bicyclic) bond motifs is 1. The van der Waals surface area contributed by atoms with Crippen LogP contribution in [0.3, 0.4) is 0 Å². The van der Waals surface area contributed by atoms with Crippen LogP contribution in [0.25, 0.3) is 0 Å². The van der Waals surface area contributed by atoms with Crippen molar-refractivity contribution in [3.63, 3.8) is 0 Å². The van der Waals surface area contributed by atoms with Crippen LogP contribution in [0.5, 0.6) is 0 Å². The first-order valence-corrected chi connectivity index (χ1v) is 9.31. The largest absolute Gasteiger partial charge is 0.376 e. The maximum atomic E-state index is 11.3. The molecular weight excluding hydrogens is 344 g/mol. The van der Waals surface area contributed by atoms with Crippen LogP contribution in [-0.2, 0) is 17.8 Å². The minimum absolute atomic E-state index is 0.202. The fourth-order valence-electron chi connectivity index (χ4n) is 3.73. The Kier molecular flexibility index (Phi) is 5.03. The van der Waals surface area contributed by atoms with Gasteiger partial charge in [-0.1, -0.05) is 0 Å². The van der Waals surface area contributed by atoms with Crippen molar-refractivity contribution in [1.29, 1.82) is 5.26 Å². The van der Waals surface area contributed by atoms with E-state index >= 15 is 0 Å². The first kappa shape index (κ1) is 17.5. The Labute approximate surface area is 157 Å². The molecule has 8 nitrogen and oxygen atoms in total. The van der Waals surface area contributed by atoms with E-state index in [1.807, 2.05) is 6.07 Å². The highest BCUT2D eigenvalue weighted by Gasteiger charge is 2.24. The van der Waals surface area contributed by atoms with Gasteiger partial charge in [-0.2, -0.15) is 10.4 Å². The van der Waals surface area contributed by atoms with Crippen molar-refractivity contribution in [3.05, 3.63) is 45.4 Å². The van der Waals surface area contributed by atoms with Crippen molar-refractivity contribution in [1.82, 2.24) is 15.2 Å². The predicted molar refractivity (Wildman–Crippen MR) is 101 cm³/mol. The fourth-order valence-corrected chi connectivity index (χ4v) is 3.73. The normalized spacial score (nSPS) is 19.2. The molecule has 1 unspecified atom stereocenters. The molecule has 27 heavy (non-hydrogen) atoms. The number of pyridine rings is 1. The summed E-state index contributed by atoms with van der Waals surface area (Å²) in [4.78, 5) is 18.2. The summed E-state index contributed by atoms with van der Waals surface area (Å²) in [5, 5.41) is 19.6. The second-order valence-corrected chi connectivity index (χ2v) is 6.91. The molecule has 1 fully saturated rings. The molecule has 0 saturated carbocycles. The second kappa shape index (κ2) is 7.76. The van der Waals surface area contributed by atoms with Crippen molar-refractivity contribution in [3.8, 4) is 6.07 Å². The van der Waals surface area contributed by atoms with Crippen LogP contribution in [0.2, 0.25) is 0 Å². The molecule has 140 valence electrons. The Morgan fingerprint density at radius 1 is 1.41 bits per heavy atom. The van der Waals surface area contributed by atoms with Gasteiger partial charge in [-0.15, -0.1) is 0 Å². The van der Waals surface area contributed by atoms with Crippen molar-refractivity contribution in [2.24, 2.45) is 0 Å². The summed E-state index contributed by atoms with van der Waals surface area (Å²) in [5.41, 5.74) is 2.35. The number of hydrogen-bond acceptors (Lipinski definition) is 7. The number of aromatic nitrogens is 3. The smallest absolute Gasteiger partial charge is 0.264 e. The second-order valence-electron chi connectivity index (χ2n) is 6.91. The summed E-state index contributed by atoms with van der Waals surface area (Å²) >= 11 is 0. The van der Waals surface area contributed by atoms with E-state index in [-0.39, 0.29) is 11.6 Å². The summed E-state index contributed by atoms with van der Waals surface area (Å²) in [6.07, 6.45) is 4.03. The summed E-state index contributed by atoms with van der Waals surface area (Å²) in [6.45, 7) is 2.74. The van der Waals surface area contributed by atoms with Gasteiger partial charge < -0.3 is 15.0 Å². The monoisotopic (exact) mass is 366 g/mol. The molecule has 1 atom stereocenters. The molecule has 2 aromatic rings. The molecule has 1 saturated heterocycles. The van der Waals surface area contributed by atoms with Crippen molar-refractivity contribution in [2.45, 2.75) is 38.3 Å². The number of nitriles is 1. The molecule has 2 aliphatic heterocycles. The Morgan fingerprint density at radius 3 is 3.15 bits per heavy atom. The number of hydrogen-bond donors (Lipinski definition) is 2. The van der Waals surface area contributed by atoms with Crippen LogP contribution in [0.15, 0.2) is 23.0 Å². The maximum absolute atomic E-state index is 11.3. The van der Waals surface area contributed by atoms with Gasteiger partial charge in [0, 0.05) is 37.2 Å². The topological polar surface area (TPSA) is 107 Å². The minimum Gasteiger partial charge on any atom is -0.376 e. The van der Waals surface area contributed by atoms with E-state index in [2.05, 4.69) is 31.5 Å². The van der Waals surface area contributed by atoms with Crippen LogP contribution in [0.4, 0.5) is 11.6 Å². The maximum Gasteiger partial charge on any atom is 0.264 e. The molecule has 4 rings (SSSR count). The summed E-state index contributed by atoms with van der Waals surface area (Å²) in [6, 6.07) is 7.61. The van der Waals surface area contributed by atoms with Gasteiger partial charge in [0.05, 0.1) is 24.5 Å².